The molecule has 2 aromatic heterocycles. The first kappa shape index (κ1) is 16.8. The average molecular weight is 353 g/mol. The van der Waals surface area contributed by atoms with Crippen LogP contribution in [0.5, 0.6) is 0 Å². The van der Waals surface area contributed by atoms with Gasteiger partial charge in [-0.25, -0.2) is 4.57 Å². The van der Waals surface area contributed by atoms with Gasteiger partial charge < -0.3 is 5.32 Å². The van der Waals surface area contributed by atoms with Gasteiger partial charge in [-0.15, -0.1) is 10.2 Å². The highest BCUT2D eigenvalue weighted by molar-refractivity contribution is 7.99. The van der Waals surface area contributed by atoms with Gasteiger partial charge in [-0.3, -0.25) is 14.6 Å². The second kappa shape index (κ2) is 7.71. The third-order valence-corrected chi connectivity index (χ3v) is 4.21. The first-order valence-electron chi connectivity index (χ1n) is 7.49. The molecule has 3 aromatic rings. The van der Waals surface area contributed by atoms with E-state index in [9.17, 15) is 9.59 Å². The van der Waals surface area contributed by atoms with Gasteiger partial charge in [-0.05, 0) is 24.3 Å². The van der Waals surface area contributed by atoms with Crippen molar-refractivity contribution in [2.75, 3.05) is 11.1 Å². The first-order valence-corrected chi connectivity index (χ1v) is 8.48. The Labute approximate surface area is 148 Å². The Kier molecular flexibility index (Phi) is 5.20. The van der Waals surface area contributed by atoms with Crippen molar-refractivity contribution in [3.63, 3.8) is 0 Å². The molecule has 0 radical (unpaired) electrons. The number of hydrogen-bond acceptors (Lipinski definition) is 6. The normalized spacial score (nSPS) is 10.4. The Bertz CT molecular complexity index is 881. The van der Waals surface area contributed by atoms with Gasteiger partial charge in [0.05, 0.1) is 5.75 Å². The molecule has 1 amide bonds. The number of rotatable bonds is 5. The molecule has 0 aliphatic rings. The van der Waals surface area contributed by atoms with Crippen LogP contribution in [0.25, 0.3) is 11.4 Å². The number of aromatic nitrogens is 4. The fourth-order valence-corrected chi connectivity index (χ4v) is 2.96. The van der Waals surface area contributed by atoms with Crippen LogP contribution in [0.1, 0.15) is 11.7 Å². The molecule has 1 aromatic carbocycles. The molecule has 0 aliphatic carbocycles. The van der Waals surface area contributed by atoms with E-state index in [1.807, 2.05) is 30.3 Å². The van der Waals surface area contributed by atoms with E-state index >= 15 is 0 Å². The molecule has 8 heteroatoms. The van der Waals surface area contributed by atoms with Crippen LogP contribution in [0.4, 0.5) is 5.69 Å². The summed E-state index contributed by atoms with van der Waals surface area (Å²) in [5.74, 6) is 0.153. The van der Waals surface area contributed by atoms with E-state index in [0.29, 0.717) is 11.0 Å². The van der Waals surface area contributed by atoms with Crippen LogP contribution in [-0.2, 0) is 4.79 Å². The largest absolute Gasteiger partial charge is 0.325 e. The van der Waals surface area contributed by atoms with E-state index in [4.69, 9.17) is 0 Å². The van der Waals surface area contributed by atoms with Crippen LogP contribution in [0, 0.1) is 0 Å². The predicted molar refractivity (Wildman–Crippen MR) is 95.3 cm³/mol. The SMILES string of the molecule is CC(=O)n1c(SCC(=O)Nc2ccccc2)nnc1-c1ccncc1. The van der Waals surface area contributed by atoms with Crippen LogP contribution >= 0.6 is 11.8 Å². The number of thioether (sulfide) groups is 1. The van der Waals surface area contributed by atoms with E-state index in [1.54, 1.807) is 24.5 Å². The molecule has 2 heterocycles. The number of amides is 1. The van der Waals surface area contributed by atoms with Gasteiger partial charge in [0.15, 0.2) is 11.0 Å². The van der Waals surface area contributed by atoms with Crippen LogP contribution in [0.2, 0.25) is 0 Å². The summed E-state index contributed by atoms with van der Waals surface area (Å²) < 4.78 is 1.40. The van der Waals surface area contributed by atoms with Gasteiger partial charge >= 0.3 is 0 Å². The Morgan fingerprint density at radius 2 is 1.80 bits per heavy atom. The molecule has 126 valence electrons. The monoisotopic (exact) mass is 353 g/mol. The molecule has 0 aliphatic heterocycles. The van der Waals surface area contributed by atoms with Crippen molar-refractivity contribution in [3.8, 4) is 11.4 Å². The summed E-state index contributed by atoms with van der Waals surface area (Å²) in [6, 6.07) is 12.7. The number of carbonyl (C=O) groups is 2. The summed E-state index contributed by atoms with van der Waals surface area (Å²) >= 11 is 1.16. The van der Waals surface area contributed by atoms with Crippen molar-refractivity contribution in [3.05, 3.63) is 54.9 Å². The minimum absolute atomic E-state index is 0.122. The standard InChI is InChI=1S/C17H15N5O2S/c1-12(23)22-16(13-7-9-18-10-8-13)20-21-17(22)25-11-15(24)19-14-5-3-2-4-6-14/h2-10H,11H2,1H3,(H,19,24). The van der Waals surface area contributed by atoms with Crippen LogP contribution < -0.4 is 5.32 Å². The lowest BCUT2D eigenvalue weighted by Crippen LogP contribution is -2.15. The number of nitrogens with one attached hydrogen (secondary N) is 1. The number of carbonyl (C=O) groups excluding carboxylic acids is 2. The van der Waals surface area contributed by atoms with Crippen LogP contribution in [-0.4, -0.2) is 37.3 Å². The molecule has 3 rings (SSSR count). The van der Waals surface area contributed by atoms with Gasteiger partial charge in [0.1, 0.15) is 0 Å². The quantitative estimate of drug-likeness (QED) is 0.709. The minimum atomic E-state index is -0.220. The zero-order chi connectivity index (χ0) is 17.6. The zero-order valence-electron chi connectivity index (χ0n) is 13.4. The number of anilines is 1. The summed E-state index contributed by atoms with van der Waals surface area (Å²) in [4.78, 5) is 28.0. The predicted octanol–water partition coefficient (Wildman–Crippen LogP) is 2.73. The maximum atomic E-state index is 12.1. The maximum Gasteiger partial charge on any atom is 0.234 e. The van der Waals surface area contributed by atoms with Gasteiger partial charge in [0.2, 0.25) is 11.8 Å². The smallest absolute Gasteiger partial charge is 0.234 e. The molecule has 25 heavy (non-hydrogen) atoms. The molecule has 0 fully saturated rings. The summed E-state index contributed by atoms with van der Waals surface area (Å²) in [6.07, 6.45) is 3.24. The molecule has 0 bridgehead atoms. The van der Waals surface area contributed by atoms with Crippen molar-refractivity contribution >= 4 is 29.3 Å². The van der Waals surface area contributed by atoms with E-state index in [2.05, 4.69) is 20.5 Å². The second-order valence-electron chi connectivity index (χ2n) is 5.10. The van der Waals surface area contributed by atoms with E-state index in [0.717, 1.165) is 23.0 Å². The summed E-state index contributed by atoms with van der Waals surface area (Å²) in [5.41, 5.74) is 1.46. The lowest BCUT2D eigenvalue weighted by atomic mass is 10.2. The van der Waals surface area contributed by atoms with E-state index in [1.165, 1.54) is 11.5 Å². The molecule has 0 saturated heterocycles. The third-order valence-electron chi connectivity index (χ3n) is 3.28. The highest BCUT2D eigenvalue weighted by Gasteiger charge is 2.18. The van der Waals surface area contributed by atoms with Crippen molar-refractivity contribution in [2.45, 2.75) is 12.1 Å². The highest BCUT2D eigenvalue weighted by atomic mass is 32.2. The van der Waals surface area contributed by atoms with Crippen LogP contribution in [0.3, 0.4) is 0 Å². The number of para-hydroxylation sites is 1. The van der Waals surface area contributed by atoms with Crippen molar-refractivity contribution in [1.29, 1.82) is 0 Å². The van der Waals surface area contributed by atoms with Gasteiger partial charge in [0, 0.05) is 30.6 Å². The molecule has 7 nitrogen and oxygen atoms in total. The second-order valence-corrected chi connectivity index (χ2v) is 6.04. The van der Waals surface area contributed by atoms with E-state index in [-0.39, 0.29) is 17.6 Å². The molecule has 0 unspecified atom stereocenters. The summed E-state index contributed by atoms with van der Waals surface area (Å²) in [7, 11) is 0. The van der Waals surface area contributed by atoms with Crippen LogP contribution in [0.15, 0.2) is 60.0 Å². The zero-order valence-corrected chi connectivity index (χ0v) is 14.2. The lowest BCUT2D eigenvalue weighted by molar-refractivity contribution is -0.113. The molecular formula is C17H15N5O2S. The fraction of sp³-hybridized carbons (Fsp3) is 0.118. The Morgan fingerprint density at radius 1 is 1.08 bits per heavy atom. The summed E-state index contributed by atoms with van der Waals surface area (Å²) in [6.45, 7) is 1.43. The average Bonchev–Trinajstić information content (AvgIpc) is 3.06. The number of nitrogens with zero attached hydrogens (tertiary/aromatic N) is 4. The highest BCUT2D eigenvalue weighted by Crippen LogP contribution is 2.23. The number of pyridine rings is 1. The number of benzene rings is 1. The fourth-order valence-electron chi connectivity index (χ4n) is 2.18. The number of hydrogen-bond donors (Lipinski definition) is 1. The molecule has 1 N–H and O–H groups in total. The maximum absolute atomic E-state index is 12.1. The van der Waals surface area contributed by atoms with Gasteiger partial charge in [-0.1, -0.05) is 30.0 Å². The molecular weight excluding hydrogens is 338 g/mol. The van der Waals surface area contributed by atoms with Gasteiger partial charge in [-0.2, -0.15) is 0 Å². The molecule has 0 saturated carbocycles. The minimum Gasteiger partial charge on any atom is -0.325 e. The van der Waals surface area contributed by atoms with Crippen molar-refractivity contribution < 1.29 is 9.59 Å². The van der Waals surface area contributed by atoms with Gasteiger partial charge in [0.25, 0.3) is 0 Å². The molecule has 0 atom stereocenters. The lowest BCUT2D eigenvalue weighted by Gasteiger charge is -2.06. The Morgan fingerprint density at radius 3 is 2.48 bits per heavy atom. The molecule has 0 spiro atoms. The van der Waals surface area contributed by atoms with Crippen molar-refractivity contribution in [1.82, 2.24) is 19.7 Å². The summed E-state index contributed by atoms with van der Waals surface area (Å²) in [5, 5.41) is 11.3. The van der Waals surface area contributed by atoms with Crippen molar-refractivity contribution in [2.24, 2.45) is 0 Å². The topological polar surface area (TPSA) is 89.8 Å². The third kappa shape index (κ3) is 4.10. The Hall–Kier alpha value is -3.00. The first-order chi connectivity index (χ1) is 12.1. The van der Waals surface area contributed by atoms with E-state index < -0.39 is 0 Å². The Balaban J connectivity index is 1.74.